The van der Waals surface area contributed by atoms with Crippen molar-refractivity contribution in [2.75, 3.05) is 37.0 Å². The molecule has 0 aromatic heterocycles. The van der Waals surface area contributed by atoms with Crippen LogP contribution in [-0.2, 0) is 9.53 Å². The number of hydrogen-bond acceptors (Lipinski definition) is 4. The van der Waals surface area contributed by atoms with E-state index in [2.05, 4.69) is 22.8 Å². The zero-order valence-electron chi connectivity index (χ0n) is 13.5. The summed E-state index contributed by atoms with van der Waals surface area (Å²) >= 11 is 0. The number of benzene rings is 1. The lowest BCUT2D eigenvalue weighted by atomic mass is 10.0. The van der Waals surface area contributed by atoms with Crippen molar-refractivity contribution in [1.82, 2.24) is 5.32 Å². The van der Waals surface area contributed by atoms with Gasteiger partial charge in [0.1, 0.15) is 0 Å². The van der Waals surface area contributed by atoms with E-state index in [9.17, 15) is 4.79 Å². The van der Waals surface area contributed by atoms with E-state index in [4.69, 9.17) is 4.74 Å². The van der Waals surface area contributed by atoms with Crippen LogP contribution >= 0.6 is 0 Å². The largest absolute Gasteiger partial charge is 0.388 e. The van der Waals surface area contributed by atoms with Crippen molar-refractivity contribution in [2.24, 2.45) is 0 Å². The lowest BCUT2D eigenvalue weighted by Gasteiger charge is -2.31. The molecule has 0 saturated carbocycles. The number of rotatable bonds is 2. The Morgan fingerprint density at radius 3 is 2.83 bits per heavy atom. The summed E-state index contributed by atoms with van der Waals surface area (Å²) in [6.07, 6.45) is 3.89. The summed E-state index contributed by atoms with van der Waals surface area (Å²) in [6, 6.07) is 6.48. The fourth-order valence-corrected chi connectivity index (χ4v) is 3.85. The minimum absolute atomic E-state index is 0.157. The van der Waals surface area contributed by atoms with E-state index in [0.29, 0.717) is 0 Å². The first-order chi connectivity index (χ1) is 11.3. The van der Waals surface area contributed by atoms with Crippen molar-refractivity contribution in [3.8, 4) is 0 Å². The summed E-state index contributed by atoms with van der Waals surface area (Å²) in [4.78, 5) is 15.2. The molecule has 5 heteroatoms. The maximum atomic E-state index is 13.2. The number of allylic oxidation sites excluding steroid dienone is 1. The molecular formula is C18H23N3O2. The Hall–Kier alpha value is -2.01. The monoisotopic (exact) mass is 313 g/mol. The van der Waals surface area contributed by atoms with E-state index < -0.39 is 0 Å². The average Bonchev–Trinajstić information content (AvgIpc) is 3.20. The number of anilines is 2. The van der Waals surface area contributed by atoms with Crippen LogP contribution < -0.4 is 15.5 Å². The van der Waals surface area contributed by atoms with Gasteiger partial charge in [-0.15, -0.1) is 0 Å². The first kappa shape index (κ1) is 14.6. The third-order valence-electron chi connectivity index (χ3n) is 5.05. The molecule has 1 aromatic carbocycles. The topological polar surface area (TPSA) is 53.6 Å². The number of nitrogens with zero attached hydrogens (tertiary/aromatic N) is 1. The van der Waals surface area contributed by atoms with Gasteiger partial charge in [-0.2, -0.15) is 0 Å². The lowest BCUT2D eigenvalue weighted by molar-refractivity contribution is -0.113. The number of fused-ring (bicyclic) bond motifs is 1. The molecule has 0 unspecified atom stereocenters. The van der Waals surface area contributed by atoms with Crippen LogP contribution in [0, 0.1) is 0 Å². The van der Waals surface area contributed by atoms with E-state index in [1.165, 1.54) is 0 Å². The maximum Gasteiger partial charge on any atom is 0.260 e. The summed E-state index contributed by atoms with van der Waals surface area (Å²) in [5, 5.41) is 6.60. The molecule has 0 bridgehead atoms. The van der Waals surface area contributed by atoms with Crippen LogP contribution in [0.1, 0.15) is 31.2 Å². The molecule has 3 heterocycles. The standard InChI is InChI=1S/C18H23N3O2/c1-19-12-4-5-16-14(11-12)17(15-3-2-8-20-15)18(22)21(16)13-6-9-23-10-7-13/h4-5,11,13,19-20H,2-3,6-10H2,1H3/b17-15-. The molecule has 3 aliphatic heterocycles. The molecule has 3 aliphatic rings. The van der Waals surface area contributed by atoms with Gasteiger partial charge in [0.15, 0.2) is 0 Å². The van der Waals surface area contributed by atoms with Gasteiger partial charge in [-0.3, -0.25) is 4.79 Å². The SMILES string of the molecule is CNc1ccc2c(c1)/C(=C1\CCCN1)C(=O)N2C1CCOCC1. The molecule has 0 aliphatic carbocycles. The van der Waals surface area contributed by atoms with Crippen LogP contribution in [0.2, 0.25) is 0 Å². The summed E-state index contributed by atoms with van der Waals surface area (Å²) in [7, 11) is 1.91. The van der Waals surface area contributed by atoms with Crippen molar-refractivity contribution >= 4 is 22.9 Å². The summed E-state index contributed by atoms with van der Waals surface area (Å²) < 4.78 is 5.47. The second kappa shape index (κ2) is 5.89. The molecule has 0 radical (unpaired) electrons. The zero-order valence-corrected chi connectivity index (χ0v) is 13.5. The third-order valence-corrected chi connectivity index (χ3v) is 5.05. The fourth-order valence-electron chi connectivity index (χ4n) is 3.85. The molecule has 2 fully saturated rings. The van der Waals surface area contributed by atoms with E-state index in [1.807, 2.05) is 18.0 Å². The second-order valence-electron chi connectivity index (χ2n) is 6.38. The molecule has 23 heavy (non-hydrogen) atoms. The average molecular weight is 313 g/mol. The van der Waals surface area contributed by atoms with E-state index in [-0.39, 0.29) is 11.9 Å². The van der Waals surface area contributed by atoms with E-state index in [1.54, 1.807) is 0 Å². The fraction of sp³-hybridized carbons (Fsp3) is 0.500. The van der Waals surface area contributed by atoms with Gasteiger partial charge in [0.2, 0.25) is 0 Å². The van der Waals surface area contributed by atoms with Gasteiger partial charge in [0.05, 0.1) is 11.3 Å². The second-order valence-corrected chi connectivity index (χ2v) is 6.38. The highest BCUT2D eigenvalue weighted by molar-refractivity contribution is 6.33. The van der Waals surface area contributed by atoms with Crippen molar-refractivity contribution in [3.05, 3.63) is 29.5 Å². The summed E-state index contributed by atoms with van der Waals surface area (Å²) in [5.41, 5.74) is 5.15. The van der Waals surface area contributed by atoms with Crippen molar-refractivity contribution in [2.45, 2.75) is 31.7 Å². The van der Waals surface area contributed by atoms with Crippen LogP contribution in [0.25, 0.3) is 5.57 Å². The van der Waals surface area contributed by atoms with Gasteiger partial charge in [-0.1, -0.05) is 0 Å². The molecule has 5 nitrogen and oxygen atoms in total. The van der Waals surface area contributed by atoms with Gasteiger partial charge in [0.25, 0.3) is 5.91 Å². The van der Waals surface area contributed by atoms with Crippen LogP contribution in [0.4, 0.5) is 11.4 Å². The number of hydrogen-bond donors (Lipinski definition) is 2. The van der Waals surface area contributed by atoms with E-state index >= 15 is 0 Å². The lowest BCUT2D eigenvalue weighted by Crippen LogP contribution is -2.41. The Labute approximate surface area is 136 Å². The van der Waals surface area contributed by atoms with Crippen molar-refractivity contribution < 1.29 is 9.53 Å². The molecule has 4 rings (SSSR count). The Morgan fingerprint density at radius 1 is 1.30 bits per heavy atom. The van der Waals surface area contributed by atoms with Gasteiger partial charge < -0.3 is 20.3 Å². The zero-order chi connectivity index (χ0) is 15.8. The normalized spacial score (nSPS) is 24.7. The van der Waals surface area contributed by atoms with E-state index in [0.717, 1.165) is 73.7 Å². The highest BCUT2D eigenvalue weighted by atomic mass is 16.5. The first-order valence-corrected chi connectivity index (χ1v) is 8.50. The predicted octanol–water partition coefficient (Wildman–Crippen LogP) is 2.35. The van der Waals surface area contributed by atoms with Crippen molar-refractivity contribution in [3.63, 3.8) is 0 Å². The van der Waals surface area contributed by atoms with Crippen LogP contribution in [0.3, 0.4) is 0 Å². The summed E-state index contributed by atoms with van der Waals surface area (Å²) in [5.74, 6) is 0.157. The predicted molar refractivity (Wildman–Crippen MR) is 91.5 cm³/mol. The quantitative estimate of drug-likeness (QED) is 0.823. The number of amides is 1. The number of carbonyl (C=O) groups excluding carboxylic acids is 1. The molecular weight excluding hydrogens is 290 g/mol. The van der Waals surface area contributed by atoms with Gasteiger partial charge >= 0.3 is 0 Å². The summed E-state index contributed by atoms with van der Waals surface area (Å²) in [6.45, 7) is 2.44. The maximum absolute atomic E-state index is 13.2. The highest BCUT2D eigenvalue weighted by Crippen LogP contribution is 2.43. The van der Waals surface area contributed by atoms with Gasteiger partial charge in [0, 0.05) is 49.8 Å². The molecule has 0 spiro atoms. The van der Waals surface area contributed by atoms with Crippen LogP contribution in [0.15, 0.2) is 23.9 Å². The highest BCUT2D eigenvalue weighted by Gasteiger charge is 2.39. The van der Waals surface area contributed by atoms with Crippen LogP contribution in [-0.4, -0.2) is 38.8 Å². The number of nitrogens with one attached hydrogen (secondary N) is 2. The molecule has 0 atom stereocenters. The van der Waals surface area contributed by atoms with Gasteiger partial charge in [-0.25, -0.2) is 0 Å². The molecule has 122 valence electrons. The minimum atomic E-state index is 0.157. The smallest absolute Gasteiger partial charge is 0.260 e. The van der Waals surface area contributed by atoms with Crippen molar-refractivity contribution in [1.29, 1.82) is 0 Å². The van der Waals surface area contributed by atoms with Crippen LogP contribution in [0.5, 0.6) is 0 Å². The third kappa shape index (κ3) is 2.39. The Balaban J connectivity index is 1.81. The Bertz CT molecular complexity index is 654. The number of ether oxygens (including phenoxy) is 1. The van der Waals surface area contributed by atoms with Gasteiger partial charge in [-0.05, 0) is 43.9 Å². The Kier molecular flexibility index (Phi) is 3.73. The Morgan fingerprint density at radius 2 is 2.13 bits per heavy atom. The first-order valence-electron chi connectivity index (χ1n) is 8.50. The molecule has 1 aromatic rings. The molecule has 1 amide bonds. The number of carbonyl (C=O) groups is 1. The molecule has 2 saturated heterocycles. The molecule has 2 N–H and O–H groups in total. The minimum Gasteiger partial charge on any atom is -0.388 e.